The van der Waals surface area contributed by atoms with E-state index in [1.807, 2.05) is 0 Å². The molecule has 0 bridgehead atoms. The molecule has 1 aromatic carbocycles. The van der Waals surface area contributed by atoms with Crippen molar-refractivity contribution in [1.82, 2.24) is 0 Å². The minimum Gasteiger partial charge on any atom is -0.284 e. The van der Waals surface area contributed by atoms with Gasteiger partial charge >= 0.3 is 0 Å². The Balaban J connectivity index is 3.47. The van der Waals surface area contributed by atoms with Crippen molar-refractivity contribution in [3.63, 3.8) is 0 Å². The summed E-state index contributed by atoms with van der Waals surface area (Å²) in [5.41, 5.74) is -1.87. The van der Waals surface area contributed by atoms with Gasteiger partial charge in [0.05, 0.1) is 9.85 Å². The lowest BCUT2D eigenvalue weighted by Crippen LogP contribution is -1.99. The van der Waals surface area contributed by atoms with Crippen LogP contribution in [0.4, 0.5) is 11.4 Å². The Morgan fingerprint density at radius 3 is 1.79 bits per heavy atom. The zero-order valence-electron chi connectivity index (χ0n) is 6.67. The number of nitrogens with zero attached hydrogens (tertiary/aromatic N) is 2. The van der Waals surface area contributed by atoms with E-state index in [0.717, 1.165) is 18.2 Å². The van der Waals surface area contributed by atoms with E-state index >= 15 is 0 Å². The Morgan fingerprint density at radius 2 is 1.50 bits per heavy atom. The Morgan fingerprint density at radius 1 is 1.07 bits per heavy atom. The smallest absolute Gasteiger partial charge is 0.284 e. The van der Waals surface area contributed by atoms with E-state index in [1.54, 1.807) is 0 Å². The van der Waals surface area contributed by atoms with Crippen molar-refractivity contribution < 1.29 is 14.6 Å². The molecule has 0 amide bonds. The molecule has 0 unspecified atom stereocenters. The van der Waals surface area contributed by atoms with Crippen LogP contribution in [0.15, 0.2) is 18.2 Å². The summed E-state index contributed by atoms with van der Waals surface area (Å²) in [6.45, 7) is 0. The zero-order valence-corrected chi connectivity index (χ0v) is 6.67. The van der Waals surface area contributed by atoms with E-state index in [2.05, 4.69) is 0 Å². The third-order valence-corrected chi connectivity index (χ3v) is 1.52. The van der Waals surface area contributed by atoms with Crippen LogP contribution in [0, 0.1) is 20.2 Å². The summed E-state index contributed by atoms with van der Waals surface area (Å²) in [4.78, 5) is 29.3. The predicted octanol–water partition coefficient (Wildman–Crippen LogP) is 0.961. The number of rotatable bonds is 3. The molecule has 0 N–H and O–H groups in total. The Labute approximate surface area is 77.3 Å². The lowest BCUT2D eigenvalue weighted by Gasteiger charge is -1.95. The first-order chi connectivity index (χ1) is 6.57. The average molecular weight is 195 g/mol. The molecule has 0 atom stereocenters. The molecule has 71 valence electrons. The quantitative estimate of drug-likeness (QED) is 0.527. The van der Waals surface area contributed by atoms with Crippen LogP contribution in [0.3, 0.4) is 0 Å². The molecule has 1 radical (unpaired) electrons. The number of hydrogen-bond acceptors (Lipinski definition) is 5. The maximum atomic E-state index is 10.4. The van der Waals surface area contributed by atoms with Crippen molar-refractivity contribution in [2.45, 2.75) is 0 Å². The van der Waals surface area contributed by atoms with Crippen molar-refractivity contribution in [3.8, 4) is 0 Å². The van der Waals surface area contributed by atoms with E-state index in [0.29, 0.717) is 0 Å². The number of nitro benzene ring substituents is 2. The van der Waals surface area contributed by atoms with Gasteiger partial charge in [0.1, 0.15) is 0 Å². The zero-order chi connectivity index (χ0) is 10.7. The molecule has 0 spiro atoms. The van der Waals surface area contributed by atoms with Gasteiger partial charge < -0.3 is 0 Å². The monoisotopic (exact) mass is 195 g/mol. The van der Waals surface area contributed by atoms with Crippen LogP contribution in [-0.2, 0) is 4.79 Å². The topological polar surface area (TPSA) is 103 Å². The fourth-order valence-electron chi connectivity index (χ4n) is 0.937. The van der Waals surface area contributed by atoms with E-state index in [4.69, 9.17) is 0 Å². The molecular weight excluding hydrogens is 192 g/mol. The average Bonchev–Trinajstić information content (AvgIpc) is 2.16. The maximum Gasteiger partial charge on any atom is 0.287 e. The van der Waals surface area contributed by atoms with Crippen LogP contribution in [0.5, 0.6) is 0 Å². The molecule has 0 saturated carbocycles. The van der Waals surface area contributed by atoms with Crippen molar-refractivity contribution in [2.24, 2.45) is 0 Å². The first-order valence-electron chi connectivity index (χ1n) is 3.38. The number of carbonyl (C=O) groups excluding carboxylic acids is 1. The summed E-state index contributed by atoms with van der Waals surface area (Å²) in [5.74, 6) is 0. The minimum atomic E-state index is -0.868. The number of hydrogen-bond donors (Lipinski definition) is 0. The van der Waals surface area contributed by atoms with Crippen LogP contribution in [0.1, 0.15) is 5.56 Å². The summed E-state index contributed by atoms with van der Waals surface area (Å²) in [7, 11) is 0. The Hall–Kier alpha value is -2.31. The summed E-state index contributed by atoms with van der Waals surface area (Å²) in [6, 6.07) is 3.15. The SMILES string of the molecule is O=[C]c1c([N+](=O)[O-])cccc1[N+](=O)[O-]. The van der Waals surface area contributed by atoms with E-state index in [-0.39, 0.29) is 0 Å². The van der Waals surface area contributed by atoms with E-state index < -0.39 is 26.8 Å². The van der Waals surface area contributed by atoms with E-state index in [1.165, 1.54) is 6.29 Å². The van der Waals surface area contributed by atoms with Gasteiger partial charge in [0.15, 0.2) is 5.56 Å². The van der Waals surface area contributed by atoms with Gasteiger partial charge in [-0.15, -0.1) is 0 Å². The molecule has 0 saturated heterocycles. The highest BCUT2D eigenvalue weighted by molar-refractivity contribution is 5.87. The second-order valence-corrected chi connectivity index (χ2v) is 2.29. The van der Waals surface area contributed by atoms with Gasteiger partial charge in [-0.05, 0) is 6.07 Å². The van der Waals surface area contributed by atoms with Crippen molar-refractivity contribution in [2.75, 3.05) is 0 Å². The van der Waals surface area contributed by atoms with Crippen LogP contribution >= 0.6 is 0 Å². The minimum absolute atomic E-state index is 0.616. The van der Waals surface area contributed by atoms with Gasteiger partial charge in [0.25, 0.3) is 11.4 Å². The molecule has 0 aliphatic rings. The van der Waals surface area contributed by atoms with Crippen LogP contribution in [0.25, 0.3) is 0 Å². The summed E-state index contributed by atoms with van der Waals surface area (Å²) >= 11 is 0. The largest absolute Gasteiger partial charge is 0.287 e. The van der Waals surface area contributed by atoms with Gasteiger partial charge in [-0.1, -0.05) is 0 Å². The highest BCUT2D eigenvalue weighted by Crippen LogP contribution is 2.25. The van der Waals surface area contributed by atoms with Gasteiger partial charge in [-0.2, -0.15) is 0 Å². The summed E-state index contributed by atoms with van der Waals surface area (Å²) in [6.07, 6.45) is 1.19. The number of nitro groups is 2. The van der Waals surface area contributed by atoms with Gasteiger partial charge in [-0.3, -0.25) is 25.0 Å². The number of benzene rings is 1. The molecule has 0 aliphatic heterocycles. The molecule has 0 aromatic heterocycles. The summed E-state index contributed by atoms with van der Waals surface area (Å²) < 4.78 is 0. The van der Waals surface area contributed by atoms with Crippen LogP contribution in [0.2, 0.25) is 0 Å². The van der Waals surface area contributed by atoms with Gasteiger partial charge in [0, 0.05) is 12.1 Å². The molecule has 1 aromatic rings. The molecule has 1 rings (SSSR count). The second-order valence-electron chi connectivity index (χ2n) is 2.29. The Bertz CT molecular complexity index is 382. The van der Waals surface area contributed by atoms with Gasteiger partial charge in [0.2, 0.25) is 6.29 Å². The second kappa shape index (κ2) is 3.60. The first-order valence-corrected chi connectivity index (χ1v) is 3.38. The maximum absolute atomic E-state index is 10.4. The van der Waals surface area contributed by atoms with E-state index in [9.17, 15) is 25.0 Å². The van der Waals surface area contributed by atoms with Crippen molar-refractivity contribution in [1.29, 1.82) is 0 Å². The molecule has 14 heavy (non-hydrogen) atoms. The third kappa shape index (κ3) is 1.56. The molecule has 7 nitrogen and oxygen atoms in total. The van der Waals surface area contributed by atoms with Gasteiger partial charge in [-0.25, -0.2) is 0 Å². The first kappa shape index (κ1) is 9.78. The molecule has 7 heteroatoms. The fraction of sp³-hybridized carbons (Fsp3) is 0. The summed E-state index contributed by atoms with van der Waals surface area (Å²) in [5, 5.41) is 20.7. The highest BCUT2D eigenvalue weighted by Gasteiger charge is 2.24. The standard InChI is InChI=1S/C7H3N2O5/c10-4-5-6(8(11)12)2-1-3-7(5)9(13)14/h1-3H. The van der Waals surface area contributed by atoms with Crippen molar-refractivity contribution >= 4 is 17.7 Å². The molecule has 0 fully saturated rings. The molecule has 0 aliphatic carbocycles. The Kier molecular flexibility index (Phi) is 2.52. The fourth-order valence-corrected chi connectivity index (χ4v) is 0.937. The van der Waals surface area contributed by atoms with Crippen LogP contribution in [-0.4, -0.2) is 16.1 Å². The predicted molar refractivity (Wildman–Crippen MR) is 44.5 cm³/mol. The molecule has 0 heterocycles. The lowest BCUT2D eigenvalue weighted by molar-refractivity contribution is -0.394. The third-order valence-electron chi connectivity index (χ3n) is 1.52. The van der Waals surface area contributed by atoms with Crippen LogP contribution < -0.4 is 0 Å². The lowest BCUT2D eigenvalue weighted by atomic mass is 10.1. The normalized spacial score (nSPS) is 9.43. The van der Waals surface area contributed by atoms with Crippen molar-refractivity contribution in [3.05, 3.63) is 44.0 Å². The molecular formula is C7H3N2O5. The highest BCUT2D eigenvalue weighted by atomic mass is 16.6.